The van der Waals surface area contributed by atoms with Crippen molar-refractivity contribution in [3.8, 4) is 0 Å². The summed E-state index contributed by atoms with van der Waals surface area (Å²) in [5.41, 5.74) is 0.598. The van der Waals surface area contributed by atoms with Crippen molar-refractivity contribution in [3.63, 3.8) is 0 Å². The van der Waals surface area contributed by atoms with Crippen LogP contribution < -0.4 is 5.32 Å². The van der Waals surface area contributed by atoms with Gasteiger partial charge in [-0.2, -0.15) is 0 Å². The lowest BCUT2D eigenvalue weighted by molar-refractivity contribution is 0.559. The van der Waals surface area contributed by atoms with Gasteiger partial charge in [-0.1, -0.05) is 0 Å². The van der Waals surface area contributed by atoms with Crippen molar-refractivity contribution < 1.29 is 12.8 Å². The van der Waals surface area contributed by atoms with Gasteiger partial charge < -0.3 is 5.32 Å². The Kier molecular flexibility index (Phi) is 3.64. The van der Waals surface area contributed by atoms with Gasteiger partial charge in [-0.25, -0.2) is 22.8 Å². The van der Waals surface area contributed by atoms with E-state index in [-0.39, 0.29) is 6.54 Å². The van der Waals surface area contributed by atoms with E-state index in [1.165, 1.54) is 24.7 Å². The first kappa shape index (κ1) is 14.6. The highest BCUT2D eigenvalue weighted by molar-refractivity contribution is 7.92. The summed E-state index contributed by atoms with van der Waals surface area (Å²) in [6.45, 7) is 3.42. The Balaban J connectivity index is 2.33. The standard InChI is InChI=1S/C13H16FN3O2S/c1-13(2,20(3,18)19)7-15-12-10-6-9(14)4-5-11(10)16-8-17-12/h4-6,8H,7H2,1-3H3,(H,15,16,17). The summed E-state index contributed by atoms with van der Waals surface area (Å²) < 4.78 is 35.7. The summed E-state index contributed by atoms with van der Waals surface area (Å²) in [7, 11) is -3.21. The average molecular weight is 297 g/mol. The van der Waals surface area contributed by atoms with Gasteiger partial charge in [0.25, 0.3) is 0 Å². The van der Waals surface area contributed by atoms with E-state index in [1.54, 1.807) is 19.9 Å². The molecule has 1 N–H and O–H groups in total. The van der Waals surface area contributed by atoms with Gasteiger partial charge >= 0.3 is 0 Å². The molecule has 7 heteroatoms. The Labute approximate surface area is 117 Å². The van der Waals surface area contributed by atoms with Crippen molar-refractivity contribution in [2.45, 2.75) is 18.6 Å². The maximum absolute atomic E-state index is 13.3. The van der Waals surface area contributed by atoms with Crippen LogP contribution in [-0.4, -0.2) is 35.9 Å². The largest absolute Gasteiger partial charge is 0.368 e. The molecule has 1 heterocycles. The second kappa shape index (κ2) is 4.97. The van der Waals surface area contributed by atoms with Gasteiger partial charge in [0.2, 0.25) is 0 Å². The van der Waals surface area contributed by atoms with Gasteiger partial charge in [0.05, 0.1) is 10.3 Å². The number of halogens is 1. The van der Waals surface area contributed by atoms with Crippen LogP contribution in [0.3, 0.4) is 0 Å². The van der Waals surface area contributed by atoms with Crippen LogP contribution in [-0.2, 0) is 9.84 Å². The minimum atomic E-state index is -3.21. The van der Waals surface area contributed by atoms with Crippen LogP contribution in [0.2, 0.25) is 0 Å². The second-order valence-electron chi connectivity index (χ2n) is 5.27. The van der Waals surface area contributed by atoms with Crippen LogP contribution in [0.25, 0.3) is 10.9 Å². The van der Waals surface area contributed by atoms with Crippen LogP contribution in [0.4, 0.5) is 10.2 Å². The number of sulfone groups is 1. The first-order valence-corrected chi connectivity index (χ1v) is 7.93. The van der Waals surface area contributed by atoms with E-state index >= 15 is 0 Å². The molecule has 5 nitrogen and oxygen atoms in total. The predicted octanol–water partition coefficient (Wildman–Crippen LogP) is 2.00. The van der Waals surface area contributed by atoms with Gasteiger partial charge in [-0.05, 0) is 32.0 Å². The summed E-state index contributed by atoms with van der Waals surface area (Å²) in [5, 5.41) is 3.49. The van der Waals surface area contributed by atoms with E-state index in [0.717, 1.165) is 0 Å². The zero-order chi connectivity index (χ0) is 15.0. The van der Waals surface area contributed by atoms with Gasteiger partial charge in [0, 0.05) is 18.2 Å². The van der Waals surface area contributed by atoms with Crippen molar-refractivity contribution in [1.82, 2.24) is 9.97 Å². The summed E-state index contributed by atoms with van der Waals surface area (Å²) in [5.74, 6) is 0.0314. The van der Waals surface area contributed by atoms with E-state index in [2.05, 4.69) is 15.3 Å². The fourth-order valence-corrected chi connectivity index (χ4v) is 1.93. The summed E-state index contributed by atoms with van der Waals surface area (Å²) in [6, 6.07) is 4.20. The zero-order valence-electron chi connectivity index (χ0n) is 11.5. The first-order chi connectivity index (χ1) is 9.21. The van der Waals surface area contributed by atoms with Gasteiger partial charge in [0.1, 0.15) is 18.0 Å². The quantitative estimate of drug-likeness (QED) is 0.934. The molecule has 2 aromatic rings. The molecule has 0 bridgehead atoms. The molecule has 0 saturated carbocycles. The van der Waals surface area contributed by atoms with E-state index < -0.39 is 20.4 Å². The smallest absolute Gasteiger partial charge is 0.154 e. The molecule has 108 valence electrons. The average Bonchev–Trinajstić information content (AvgIpc) is 2.35. The Hall–Kier alpha value is -1.76. The molecule has 0 aliphatic heterocycles. The molecule has 2 rings (SSSR count). The number of nitrogens with zero attached hydrogens (tertiary/aromatic N) is 2. The number of benzene rings is 1. The molecule has 1 aromatic carbocycles. The van der Waals surface area contributed by atoms with Crippen molar-refractivity contribution in [2.24, 2.45) is 0 Å². The first-order valence-electron chi connectivity index (χ1n) is 6.04. The molecule has 20 heavy (non-hydrogen) atoms. The summed E-state index contributed by atoms with van der Waals surface area (Å²) in [6.07, 6.45) is 2.54. The van der Waals surface area contributed by atoms with E-state index in [0.29, 0.717) is 16.7 Å². The highest BCUT2D eigenvalue weighted by Gasteiger charge is 2.30. The maximum atomic E-state index is 13.3. The van der Waals surface area contributed by atoms with E-state index in [9.17, 15) is 12.8 Å². The Bertz CT molecular complexity index is 744. The fraction of sp³-hybridized carbons (Fsp3) is 0.385. The number of anilines is 1. The second-order valence-corrected chi connectivity index (χ2v) is 7.92. The summed E-state index contributed by atoms with van der Waals surface area (Å²) in [4.78, 5) is 8.09. The number of aromatic nitrogens is 2. The molecule has 0 radical (unpaired) electrons. The number of nitrogens with one attached hydrogen (secondary N) is 1. The zero-order valence-corrected chi connectivity index (χ0v) is 12.3. The van der Waals surface area contributed by atoms with Gasteiger partial charge in [-0.15, -0.1) is 0 Å². The van der Waals surface area contributed by atoms with Crippen molar-refractivity contribution in [2.75, 3.05) is 18.1 Å². The third-order valence-electron chi connectivity index (χ3n) is 3.28. The molecule has 0 saturated heterocycles. The van der Waals surface area contributed by atoms with Crippen molar-refractivity contribution in [1.29, 1.82) is 0 Å². The summed E-state index contributed by atoms with van der Waals surface area (Å²) >= 11 is 0. The monoisotopic (exact) mass is 297 g/mol. The SMILES string of the molecule is CC(C)(CNc1ncnc2ccc(F)cc12)S(C)(=O)=O. The Morgan fingerprint density at radius 1 is 1.30 bits per heavy atom. The lowest BCUT2D eigenvalue weighted by Gasteiger charge is -2.23. The molecular weight excluding hydrogens is 281 g/mol. The van der Waals surface area contributed by atoms with Crippen LogP contribution in [0.1, 0.15) is 13.8 Å². The Morgan fingerprint density at radius 3 is 2.65 bits per heavy atom. The Morgan fingerprint density at radius 2 is 2.00 bits per heavy atom. The molecule has 0 amide bonds. The molecule has 1 aromatic heterocycles. The molecule has 0 atom stereocenters. The van der Waals surface area contributed by atoms with Gasteiger partial charge in [0.15, 0.2) is 9.84 Å². The van der Waals surface area contributed by atoms with Crippen LogP contribution >= 0.6 is 0 Å². The lowest BCUT2D eigenvalue weighted by atomic mass is 10.2. The topological polar surface area (TPSA) is 72.0 Å². The predicted molar refractivity (Wildman–Crippen MR) is 76.9 cm³/mol. The van der Waals surface area contributed by atoms with Crippen molar-refractivity contribution in [3.05, 3.63) is 30.3 Å². The highest BCUT2D eigenvalue weighted by Crippen LogP contribution is 2.22. The third-order valence-corrected chi connectivity index (χ3v) is 5.43. The maximum Gasteiger partial charge on any atom is 0.154 e. The minimum Gasteiger partial charge on any atom is -0.368 e. The van der Waals surface area contributed by atoms with Gasteiger partial charge in [-0.3, -0.25) is 0 Å². The molecule has 0 fully saturated rings. The molecule has 0 spiro atoms. The molecular formula is C13H16FN3O2S. The number of rotatable bonds is 4. The lowest BCUT2D eigenvalue weighted by Crippen LogP contribution is -2.38. The van der Waals surface area contributed by atoms with E-state index in [4.69, 9.17) is 0 Å². The van der Waals surface area contributed by atoms with E-state index in [1.807, 2.05) is 0 Å². The normalized spacial score (nSPS) is 12.6. The van der Waals surface area contributed by atoms with Crippen LogP contribution in [0.15, 0.2) is 24.5 Å². The highest BCUT2D eigenvalue weighted by atomic mass is 32.2. The number of fused-ring (bicyclic) bond motifs is 1. The van der Waals surface area contributed by atoms with Crippen LogP contribution in [0.5, 0.6) is 0 Å². The number of hydrogen-bond donors (Lipinski definition) is 1. The molecule has 0 aliphatic carbocycles. The third kappa shape index (κ3) is 2.87. The van der Waals surface area contributed by atoms with Crippen molar-refractivity contribution >= 4 is 26.6 Å². The molecule has 0 unspecified atom stereocenters. The minimum absolute atomic E-state index is 0.175. The fourth-order valence-electron chi connectivity index (χ4n) is 1.60. The molecule has 0 aliphatic rings. The van der Waals surface area contributed by atoms with Crippen LogP contribution in [0, 0.1) is 5.82 Å². The number of hydrogen-bond acceptors (Lipinski definition) is 5.